The lowest BCUT2D eigenvalue weighted by molar-refractivity contribution is 0.0701. The zero-order valence-electron chi connectivity index (χ0n) is 35.8. The van der Waals surface area contributed by atoms with Gasteiger partial charge in [-0.3, -0.25) is 0 Å². The van der Waals surface area contributed by atoms with Crippen LogP contribution in [0.2, 0.25) is 50.9 Å². The first-order chi connectivity index (χ1) is 24.8. The Bertz CT molecular complexity index is 1020. The van der Waals surface area contributed by atoms with Crippen molar-refractivity contribution in [1.29, 1.82) is 0 Å². The highest BCUT2D eigenvalue weighted by Gasteiger charge is 2.41. The van der Waals surface area contributed by atoms with E-state index in [0.29, 0.717) is 45.4 Å². The lowest BCUT2D eigenvalue weighted by atomic mass is 10.1. The predicted octanol–water partition coefficient (Wildman–Crippen LogP) is 4.55. The molecule has 0 aliphatic heterocycles. The highest BCUT2D eigenvalue weighted by atomic mass is 28.4. The molecule has 1 unspecified atom stereocenters. The van der Waals surface area contributed by atoms with Crippen molar-refractivity contribution in [2.75, 3.05) is 67.0 Å². The maximum absolute atomic E-state index is 6.15. The molecule has 0 radical (unpaired) electrons. The fraction of sp³-hybridized carbons (Fsp3) is 0.833. The molecule has 0 aromatic heterocycles. The van der Waals surface area contributed by atoms with Crippen LogP contribution in [-0.4, -0.2) is 126 Å². The third kappa shape index (κ3) is 15.9. The summed E-state index contributed by atoms with van der Waals surface area (Å²) in [6.07, 6.45) is 3.04. The second-order valence-electron chi connectivity index (χ2n) is 14.1. The van der Waals surface area contributed by atoms with Crippen LogP contribution in [0.5, 0.6) is 0 Å². The lowest BCUT2D eigenvalue weighted by Crippen LogP contribution is -2.50. The van der Waals surface area contributed by atoms with Crippen LogP contribution in [0.4, 0.5) is 0 Å². The number of rotatable bonds is 32. The van der Waals surface area contributed by atoms with Gasteiger partial charge in [0, 0.05) is 77.3 Å². The van der Waals surface area contributed by atoms with Crippen LogP contribution < -0.4 is 21.0 Å². The molecule has 1 aromatic rings. The topological polar surface area (TPSA) is 97.9 Å². The van der Waals surface area contributed by atoms with Gasteiger partial charge in [-0.25, -0.2) is 0 Å². The van der Waals surface area contributed by atoms with E-state index in [1.807, 2.05) is 55.8 Å². The Morgan fingerprint density at radius 2 is 1.10 bits per heavy atom. The van der Waals surface area contributed by atoms with Crippen LogP contribution in [0.25, 0.3) is 0 Å². The van der Waals surface area contributed by atoms with Crippen molar-refractivity contribution in [3.63, 3.8) is 0 Å². The molecule has 0 aliphatic carbocycles. The van der Waals surface area contributed by atoms with E-state index in [9.17, 15) is 0 Å². The molecule has 1 rings (SSSR count). The molecular formula is C36H80N2O8Si6. The zero-order valence-corrected chi connectivity index (χ0v) is 42.6. The average Bonchev–Trinajstić information content (AvgIpc) is 3.11. The van der Waals surface area contributed by atoms with Gasteiger partial charge in [0.1, 0.15) is 0 Å². The van der Waals surface area contributed by atoms with E-state index in [4.69, 9.17) is 35.4 Å². The lowest BCUT2D eigenvalue weighted by Gasteiger charge is -2.33. The Morgan fingerprint density at radius 1 is 0.673 bits per heavy atom. The fourth-order valence-corrected chi connectivity index (χ4v) is 19.8. The summed E-state index contributed by atoms with van der Waals surface area (Å²) < 4.78 is 49.0. The van der Waals surface area contributed by atoms with Crippen LogP contribution in [0.3, 0.4) is 0 Å². The molecule has 2 N–H and O–H groups in total. The molecule has 0 spiro atoms. The van der Waals surface area contributed by atoms with Gasteiger partial charge in [0.05, 0.1) is 27.1 Å². The molecule has 10 nitrogen and oxygen atoms in total. The zero-order chi connectivity index (χ0) is 39.2. The van der Waals surface area contributed by atoms with Gasteiger partial charge in [-0.2, -0.15) is 0 Å². The Kier molecular flexibility index (Phi) is 25.9. The van der Waals surface area contributed by atoms with Crippen molar-refractivity contribution in [1.82, 2.24) is 10.6 Å². The molecule has 1 aromatic carbocycles. The second kappa shape index (κ2) is 26.9. The van der Waals surface area contributed by atoms with Crippen molar-refractivity contribution < 1.29 is 35.4 Å². The average molecular weight is 838 g/mol. The minimum atomic E-state index is -2.67. The molecule has 306 valence electrons. The van der Waals surface area contributed by atoms with Crippen LogP contribution in [0.1, 0.15) is 78.0 Å². The minimum Gasteiger partial charge on any atom is -0.397 e. The van der Waals surface area contributed by atoms with Gasteiger partial charge < -0.3 is 46.0 Å². The van der Waals surface area contributed by atoms with Crippen molar-refractivity contribution in [2.24, 2.45) is 0 Å². The molecule has 1 atom stereocenters. The van der Waals surface area contributed by atoms with Gasteiger partial charge in [-0.1, -0.05) is 67.2 Å². The highest BCUT2D eigenvalue weighted by Crippen LogP contribution is 2.28. The Balaban J connectivity index is 3.27. The van der Waals surface area contributed by atoms with E-state index in [1.54, 1.807) is 15.9 Å². The van der Waals surface area contributed by atoms with Crippen molar-refractivity contribution in [3.05, 3.63) is 23.3 Å². The van der Waals surface area contributed by atoms with E-state index in [0.717, 1.165) is 44.4 Å². The highest BCUT2D eigenvalue weighted by molar-refractivity contribution is 6.76. The first-order valence-corrected chi connectivity index (χ1v) is 34.2. The third-order valence-corrected chi connectivity index (χ3v) is 25.2. The summed E-state index contributed by atoms with van der Waals surface area (Å²) in [6.45, 7) is 32.0. The van der Waals surface area contributed by atoms with Gasteiger partial charge in [-0.05, 0) is 86.0 Å². The molecule has 0 aliphatic rings. The largest absolute Gasteiger partial charge is 0.500 e. The number of hydrogen-bond acceptors (Lipinski definition) is 10. The summed E-state index contributed by atoms with van der Waals surface area (Å²) in [5.74, 6) is 0.309. The molecule has 0 heterocycles. The normalized spacial score (nSPS) is 13.9. The molecule has 0 fully saturated rings. The quantitative estimate of drug-likeness (QED) is 0.0612. The summed E-state index contributed by atoms with van der Waals surface area (Å²) in [7, 11) is -6.81. The summed E-state index contributed by atoms with van der Waals surface area (Å²) in [4.78, 5) is 0. The van der Waals surface area contributed by atoms with E-state index in [1.165, 1.54) is 11.6 Å². The SMILES string of the molecule is CCO[Si](CCCNC(NCCC[Si](OCC)(OCC)OCC)[SiH2]CCc1c([SiH](C)C)ccc(C(C)[Si](C)(OC)OC)c1[SiH](C)C)(OCC)OCC. The van der Waals surface area contributed by atoms with E-state index in [2.05, 4.69) is 62.4 Å². The molecule has 0 amide bonds. The molecular weight excluding hydrogens is 757 g/mol. The summed E-state index contributed by atoms with van der Waals surface area (Å²) in [6, 6.07) is 7.76. The fourth-order valence-electron chi connectivity index (χ4n) is 7.22. The van der Waals surface area contributed by atoms with Gasteiger partial charge in [-0.15, -0.1) is 0 Å². The third-order valence-electron chi connectivity index (χ3n) is 9.90. The summed E-state index contributed by atoms with van der Waals surface area (Å²) >= 11 is 0. The maximum atomic E-state index is 6.15. The standard InChI is InChI=1S/C36H80N2O8Si6/c1-15-41-51(42-16-2,43-17-3)29-21-26-37-36(38-27-22-30-52(44-18-4,45-19-5)46-20-6)47-28-25-33-34(48(10)11)24-23-32(35(33)49(12)13)31(7)50(14,39-8)40-9/h23-24,31,36-38,48-49H,15-22,25-30,47H2,1-14H3. The van der Waals surface area contributed by atoms with Crippen LogP contribution in [0, 0.1) is 0 Å². The van der Waals surface area contributed by atoms with E-state index < -0.39 is 53.3 Å². The van der Waals surface area contributed by atoms with Crippen LogP contribution in [0.15, 0.2) is 12.1 Å². The Labute approximate surface area is 328 Å². The van der Waals surface area contributed by atoms with Crippen LogP contribution >= 0.6 is 0 Å². The smallest absolute Gasteiger partial charge is 0.397 e. The first kappa shape index (κ1) is 50.1. The van der Waals surface area contributed by atoms with Crippen molar-refractivity contribution >= 4 is 63.7 Å². The van der Waals surface area contributed by atoms with Gasteiger partial charge in [0.25, 0.3) is 0 Å². The Morgan fingerprint density at radius 3 is 1.44 bits per heavy atom. The van der Waals surface area contributed by atoms with Gasteiger partial charge in [0.15, 0.2) is 0 Å². The molecule has 0 saturated heterocycles. The predicted molar refractivity (Wildman–Crippen MR) is 234 cm³/mol. The number of nitrogens with one attached hydrogen (secondary N) is 2. The minimum absolute atomic E-state index is 0.267. The Hall–Kier alpha value is 0.121. The molecule has 16 heteroatoms. The monoisotopic (exact) mass is 836 g/mol. The van der Waals surface area contributed by atoms with Crippen molar-refractivity contribution in [2.45, 2.75) is 130 Å². The molecule has 0 bridgehead atoms. The number of benzene rings is 1. The summed E-state index contributed by atoms with van der Waals surface area (Å²) in [5.41, 5.74) is 3.40. The van der Waals surface area contributed by atoms with E-state index in [-0.39, 0.29) is 5.54 Å². The van der Waals surface area contributed by atoms with Crippen LogP contribution in [-0.2, 0) is 41.8 Å². The van der Waals surface area contributed by atoms with E-state index >= 15 is 0 Å². The van der Waals surface area contributed by atoms with Crippen molar-refractivity contribution in [3.8, 4) is 0 Å². The number of hydrogen-bond donors (Lipinski definition) is 2. The first-order valence-electron chi connectivity index (χ1n) is 20.4. The molecule has 0 saturated carbocycles. The van der Waals surface area contributed by atoms with Gasteiger partial charge in [0.2, 0.25) is 0 Å². The second-order valence-corrected chi connectivity index (χ2v) is 31.2. The summed E-state index contributed by atoms with van der Waals surface area (Å²) in [5, 5.41) is 11.2. The molecule has 52 heavy (non-hydrogen) atoms. The van der Waals surface area contributed by atoms with Gasteiger partial charge >= 0.3 is 26.2 Å². The maximum Gasteiger partial charge on any atom is 0.500 e.